The van der Waals surface area contributed by atoms with Crippen LogP contribution in [-0.4, -0.2) is 40.9 Å². The summed E-state index contributed by atoms with van der Waals surface area (Å²) in [6.45, 7) is 5.10. The summed E-state index contributed by atoms with van der Waals surface area (Å²) >= 11 is 0. The second-order valence-electron chi connectivity index (χ2n) is 6.27. The van der Waals surface area contributed by atoms with E-state index in [0.717, 1.165) is 24.9 Å². The zero-order chi connectivity index (χ0) is 16.1. The van der Waals surface area contributed by atoms with Crippen LogP contribution in [-0.2, 0) is 4.79 Å². The summed E-state index contributed by atoms with van der Waals surface area (Å²) in [5, 5.41) is 9.67. The topological polar surface area (TPSA) is 57.6 Å². The molecule has 1 saturated heterocycles. The van der Waals surface area contributed by atoms with E-state index in [0.29, 0.717) is 12.1 Å². The molecule has 120 valence electrons. The maximum absolute atomic E-state index is 12.2. The maximum atomic E-state index is 12.2. The molecule has 0 bridgehead atoms. The molecule has 1 N–H and O–H groups in total. The van der Waals surface area contributed by atoms with Gasteiger partial charge in [0.2, 0.25) is 5.91 Å². The van der Waals surface area contributed by atoms with Crippen molar-refractivity contribution in [3.8, 4) is 0 Å². The molecule has 1 fully saturated rings. The van der Waals surface area contributed by atoms with E-state index in [2.05, 4.69) is 0 Å². The van der Waals surface area contributed by atoms with Crippen molar-refractivity contribution in [2.24, 2.45) is 5.92 Å². The van der Waals surface area contributed by atoms with E-state index >= 15 is 0 Å². The van der Waals surface area contributed by atoms with Gasteiger partial charge in [-0.1, -0.05) is 29.8 Å². The number of amides is 1. The highest BCUT2D eigenvalue weighted by atomic mass is 16.3. The molecule has 0 spiro atoms. The van der Waals surface area contributed by atoms with Crippen LogP contribution in [0.5, 0.6) is 0 Å². The Morgan fingerprint density at radius 2 is 1.95 bits per heavy atom. The number of piperidine rings is 1. The van der Waals surface area contributed by atoms with Crippen molar-refractivity contribution in [2.75, 3.05) is 13.1 Å². The number of hydrogen-bond donors (Lipinski definition) is 1. The zero-order valence-electron chi connectivity index (χ0n) is 13.4. The first-order valence-corrected chi connectivity index (χ1v) is 8.03. The van der Waals surface area contributed by atoms with Gasteiger partial charge >= 0.3 is 0 Å². The predicted molar refractivity (Wildman–Crippen MR) is 85.7 cm³/mol. The van der Waals surface area contributed by atoms with Crippen LogP contribution in [0.4, 0.5) is 0 Å². The third kappa shape index (κ3) is 4.41. The zero-order valence-corrected chi connectivity index (χ0v) is 13.4. The number of ketones is 1. The first-order chi connectivity index (χ1) is 10.5. The normalized spacial score (nSPS) is 19.8. The molecule has 0 aromatic heterocycles. The number of aryl methyl sites for hydroxylation is 1. The van der Waals surface area contributed by atoms with Gasteiger partial charge in [0.1, 0.15) is 0 Å². The number of nitrogens with zero attached hydrogens (tertiary/aromatic N) is 1. The lowest BCUT2D eigenvalue weighted by Gasteiger charge is -2.34. The van der Waals surface area contributed by atoms with E-state index in [9.17, 15) is 14.7 Å². The quantitative estimate of drug-likeness (QED) is 0.851. The van der Waals surface area contributed by atoms with E-state index in [1.807, 2.05) is 31.2 Å². The lowest BCUT2D eigenvalue weighted by atomic mass is 9.93. The van der Waals surface area contributed by atoms with Crippen LogP contribution in [0.15, 0.2) is 24.3 Å². The molecule has 1 aliphatic heterocycles. The Morgan fingerprint density at radius 3 is 2.59 bits per heavy atom. The molecule has 0 aliphatic carbocycles. The Morgan fingerprint density at radius 1 is 1.27 bits per heavy atom. The van der Waals surface area contributed by atoms with Crippen LogP contribution in [0.1, 0.15) is 48.5 Å². The second-order valence-corrected chi connectivity index (χ2v) is 6.27. The van der Waals surface area contributed by atoms with Gasteiger partial charge in [-0.25, -0.2) is 0 Å². The minimum absolute atomic E-state index is 0.0115. The molecule has 0 radical (unpaired) electrons. The smallest absolute Gasteiger partial charge is 0.223 e. The predicted octanol–water partition coefficient (Wildman–Crippen LogP) is 2.58. The fourth-order valence-corrected chi connectivity index (χ4v) is 2.89. The van der Waals surface area contributed by atoms with Gasteiger partial charge in [0.15, 0.2) is 5.78 Å². The summed E-state index contributed by atoms with van der Waals surface area (Å²) in [5.41, 5.74) is 1.78. The Hall–Kier alpha value is -1.68. The van der Waals surface area contributed by atoms with Gasteiger partial charge in [-0.2, -0.15) is 0 Å². The summed E-state index contributed by atoms with van der Waals surface area (Å²) in [4.78, 5) is 26.1. The maximum Gasteiger partial charge on any atom is 0.223 e. The molecule has 1 amide bonds. The minimum atomic E-state index is -0.384. The average Bonchev–Trinajstić information content (AvgIpc) is 2.53. The van der Waals surface area contributed by atoms with E-state index in [1.54, 1.807) is 11.8 Å². The molecule has 2 rings (SSSR count). The number of aliphatic hydroxyl groups excluding tert-OH is 1. The van der Waals surface area contributed by atoms with Crippen molar-refractivity contribution >= 4 is 11.7 Å². The summed E-state index contributed by atoms with van der Waals surface area (Å²) in [5.74, 6) is 0.189. The highest BCUT2D eigenvalue weighted by molar-refractivity contribution is 5.97. The second kappa shape index (κ2) is 7.54. The number of carbonyl (C=O) groups excluding carboxylic acids is 2. The van der Waals surface area contributed by atoms with E-state index in [1.165, 1.54) is 0 Å². The van der Waals surface area contributed by atoms with Gasteiger partial charge in [-0.3, -0.25) is 9.59 Å². The number of benzene rings is 1. The molecule has 1 heterocycles. The highest BCUT2D eigenvalue weighted by Crippen LogP contribution is 2.20. The van der Waals surface area contributed by atoms with Crippen molar-refractivity contribution in [3.63, 3.8) is 0 Å². The van der Waals surface area contributed by atoms with E-state index < -0.39 is 0 Å². The molecule has 4 heteroatoms. The van der Waals surface area contributed by atoms with Crippen molar-refractivity contribution in [3.05, 3.63) is 35.4 Å². The standard InChI is InChI=1S/C18H25NO3/c1-13-5-7-15(8-6-13)17(21)9-10-18(22)19-11-3-4-16(12-19)14(2)20/h5-8,14,16,20H,3-4,9-12H2,1-2H3. The van der Waals surface area contributed by atoms with Gasteiger partial charge < -0.3 is 10.0 Å². The van der Waals surface area contributed by atoms with Crippen LogP contribution < -0.4 is 0 Å². The van der Waals surface area contributed by atoms with Gasteiger partial charge in [0.05, 0.1) is 6.10 Å². The SMILES string of the molecule is Cc1ccc(C(=O)CCC(=O)N2CCCC(C(C)O)C2)cc1. The van der Waals surface area contributed by atoms with Gasteiger partial charge in [-0.05, 0) is 26.7 Å². The molecule has 2 unspecified atom stereocenters. The fourth-order valence-electron chi connectivity index (χ4n) is 2.89. The van der Waals surface area contributed by atoms with Gasteiger partial charge in [0.25, 0.3) is 0 Å². The van der Waals surface area contributed by atoms with Crippen LogP contribution in [0.2, 0.25) is 0 Å². The first kappa shape index (κ1) is 16.7. The third-order valence-electron chi connectivity index (χ3n) is 4.43. The minimum Gasteiger partial charge on any atom is -0.393 e. The number of hydrogen-bond acceptors (Lipinski definition) is 3. The number of likely N-dealkylation sites (tertiary alicyclic amines) is 1. The Balaban J connectivity index is 1.84. The van der Waals surface area contributed by atoms with Crippen LogP contribution in [0.25, 0.3) is 0 Å². The average molecular weight is 303 g/mol. The van der Waals surface area contributed by atoms with Crippen LogP contribution in [0, 0.1) is 12.8 Å². The Bertz CT molecular complexity index is 522. The number of rotatable bonds is 5. The lowest BCUT2D eigenvalue weighted by Crippen LogP contribution is -2.43. The molecule has 4 nitrogen and oxygen atoms in total. The molecule has 1 aromatic rings. The molecule has 0 saturated carbocycles. The monoisotopic (exact) mass is 303 g/mol. The summed E-state index contributed by atoms with van der Waals surface area (Å²) < 4.78 is 0. The Labute approximate surface area is 132 Å². The van der Waals surface area contributed by atoms with Crippen molar-refractivity contribution in [2.45, 2.75) is 45.6 Å². The number of Topliss-reactive ketones (excluding diaryl/α,β-unsaturated/α-hetero) is 1. The number of carbonyl (C=O) groups is 2. The molecule has 2 atom stereocenters. The lowest BCUT2D eigenvalue weighted by molar-refractivity contribution is -0.133. The fraction of sp³-hybridized carbons (Fsp3) is 0.556. The largest absolute Gasteiger partial charge is 0.393 e. The number of aliphatic hydroxyl groups is 1. The summed E-state index contributed by atoms with van der Waals surface area (Å²) in [7, 11) is 0. The molecular formula is C18H25NO3. The molecule has 1 aromatic carbocycles. The summed E-state index contributed by atoms with van der Waals surface area (Å²) in [6.07, 6.45) is 2.00. The molecular weight excluding hydrogens is 278 g/mol. The molecule has 22 heavy (non-hydrogen) atoms. The van der Waals surface area contributed by atoms with E-state index in [-0.39, 0.29) is 36.6 Å². The third-order valence-corrected chi connectivity index (χ3v) is 4.43. The Kier molecular flexibility index (Phi) is 5.72. The summed E-state index contributed by atoms with van der Waals surface area (Å²) in [6, 6.07) is 7.44. The first-order valence-electron chi connectivity index (χ1n) is 8.03. The van der Waals surface area contributed by atoms with Gasteiger partial charge in [0, 0.05) is 37.4 Å². The van der Waals surface area contributed by atoms with Crippen molar-refractivity contribution in [1.29, 1.82) is 0 Å². The molecule has 1 aliphatic rings. The van der Waals surface area contributed by atoms with E-state index in [4.69, 9.17) is 0 Å². The van der Waals surface area contributed by atoms with Crippen molar-refractivity contribution < 1.29 is 14.7 Å². The highest BCUT2D eigenvalue weighted by Gasteiger charge is 2.26. The van der Waals surface area contributed by atoms with Crippen molar-refractivity contribution in [1.82, 2.24) is 4.90 Å². The van der Waals surface area contributed by atoms with Crippen LogP contribution >= 0.6 is 0 Å². The van der Waals surface area contributed by atoms with Crippen LogP contribution in [0.3, 0.4) is 0 Å². The van der Waals surface area contributed by atoms with Gasteiger partial charge in [-0.15, -0.1) is 0 Å².